The van der Waals surface area contributed by atoms with E-state index >= 15 is 0 Å². The van der Waals surface area contributed by atoms with E-state index in [4.69, 9.17) is 0 Å². The molecule has 0 bridgehead atoms. The third-order valence-electron chi connectivity index (χ3n) is 3.47. The van der Waals surface area contributed by atoms with Gasteiger partial charge in [-0.15, -0.1) is 0 Å². The van der Waals surface area contributed by atoms with Crippen LogP contribution in [0.1, 0.15) is 11.3 Å². The lowest BCUT2D eigenvalue weighted by Crippen LogP contribution is -1.80. The summed E-state index contributed by atoms with van der Waals surface area (Å²) in [7, 11) is 0. The van der Waals surface area contributed by atoms with Gasteiger partial charge < -0.3 is 9.97 Å². The second-order valence-electron chi connectivity index (χ2n) is 4.44. The molecule has 0 saturated carbocycles. The summed E-state index contributed by atoms with van der Waals surface area (Å²) in [4.78, 5) is 6.84. The number of hydrogen-bond donors (Lipinski definition) is 2. The monoisotopic (exact) mass is 220 g/mol. The molecule has 1 aromatic carbocycles. The highest BCUT2D eigenvalue weighted by molar-refractivity contribution is 6.06. The van der Waals surface area contributed by atoms with Gasteiger partial charge in [-0.3, -0.25) is 0 Å². The second-order valence-corrected chi connectivity index (χ2v) is 4.44. The molecule has 4 rings (SSSR count). The largest absolute Gasteiger partial charge is 0.359 e. The maximum atomic E-state index is 3.53. The minimum atomic E-state index is 0.995. The molecule has 82 valence electrons. The molecular weight excluding hydrogens is 208 g/mol. The van der Waals surface area contributed by atoms with Crippen LogP contribution in [0.2, 0.25) is 0 Å². The van der Waals surface area contributed by atoms with Crippen molar-refractivity contribution in [1.82, 2.24) is 9.97 Å². The molecule has 0 radical (unpaired) electrons. The zero-order valence-corrected chi connectivity index (χ0v) is 9.33. The fourth-order valence-corrected chi connectivity index (χ4v) is 2.64. The van der Waals surface area contributed by atoms with E-state index in [1.807, 2.05) is 6.20 Å². The first-order valence-corrected chi connectivity index (χ1v) is 5.87. The van der Waals surface area contributed by atoms with Crippen molar-refractivity contribution >= 4 is 27.9 Å². The molecule has 0 fully saturated rings. The lowest BCUT2D eigenvalue weighted by molar-refractivity contribution is 1.27. The molecule has 0 amide bonds. The van der Waals surface area contributed by atoms with Crippen LogP contribution < -0.4 is 0 Å². The van der Waals surface area contributed by atoms with Crippen molar-refractivity contribution in [3.8, 4) is 0 Å². The molecule has 0 unspecified atom stereocenters. The molecule has 2 aromatic heterocycles. The zero-order chi connectivity index (χ0) is 11.2. The Hall–Kier alpha value is -2.22. The maximum Gasteiger partial charge on any atom is 0.0706 e. The van der Waals surface area contributed by atoms with Crippen molar-refractivity contribution in [3.05, 3.63) is 53.9 Å². The highest BCUT2D eigenvalue weighted by Gasteiger charge is 2.12. The van der Waals surface area contributed by atoms with Crippen LogP contribution in [0.15, 0.2) is 42.6 Å². The van der Waals surface area contributed by atoms with Crippen LogP contribution in [-0.2, 0) is 6.42 Å². The normalized spacial score (nSPS) is 14.4. The van der Waals surface area contributed by atoms with Crippen LogP contribution in [-0.4, -0.2) is 9.97 Å². The standard InChI is InChI=1S/C15H12N2/c1-2-4-11-12-7-6-10-8-9-16-14(10)15(12)17-13(11)5-3-1/h1-3,5-9,16-17H,4H2. The van der Waals surface area contributed by atoms with Crippen molar-refractivity contribution in [1.29, 1.82) is 0 Å². The van der Waals surface area contributed by atoms with E-state index in [1.165, 1.54) is 33.1 Å². The van der Waals surface area contributed by atoms with E-state index in [2.05, 4.69) is 52.5 Å². The van der Waals surface area contributed by atoms with Gasteiger partial charge in [0, 0.05) is 22.7 Å². The van der Waals surface area contributed by atoms with Crippen molar-refractivity contribution in [2.24, 2.45) is 0 Å². The van der Waals surface area contributed by atoms with Gasteiger partial charge in [-0.2, -0.15) is 0 Å². The van der Waals surface area contributed by atoms with Crippen LogP contribution in [0.5, 0.6) is 0 Å². The topological polar surface area (TPSA) is 31.6 Å². The van der Waals surface area contributed by atoms with Gasteiger partial charge in [0.1, 0.15) is 0 Å². The Kier molecular flexibility index (Phi) is 1.64. The number of H-pyrrole nitrogens is 2. The average Bonchev–Trinajstić information content (AvgIpc) is 2.87. The van der Waals surface area contributed by atoms with Gasteiger partial charge in [0.05, 0.1) is 11.0 Å². The van der Waals surface area contributed by atoms with Crippen molar-refractivity contribution in [2.75, 3.05) is 0 Å². The Morgan fingerprint density at radius 2 is 2.00 bits per heavy atom. The van der Waals surface area contributed by atoms with Crippen molar-refractivity contribution < 1.29 is 0 Å². The number of fused-ring (bicyclic) bond motifs is 5. The Balaban J connectivity index is 2.18. The van der Waals surface area contributed by atoms with Crippen LogP contribution in [0.3, 0.4) is 0 Å². The summed E-state index contributed by atoms with van der Waals surface area (Å²) < 4.78 is 0. The van der Waals surface area contributed by atoms with Crippen LogP contribution >= 0.6 is 0 Å². The fraction of sp³-hybridized carbons (Fsp3) is 0.0667. The summed E-state index contributed by atoms with van der Waals surface area (Å²) in [6, 6.07) is 6.50. The average molecular weight is 220 g/mol. The Morgan fingerprint density at radius 3 is 3.00 bits per heavy atom. The molecule has 0 aliphatic heterocycles. The van der Waals surface area contributed by atoms with Crippen LogP contribution in [0, 0.1) is 0 Å². The van der Waals surface area contributed by atoms with Crippen molar-refractivity contribution in [2.45, 2.75) is 6.42 Å². The first-order valence-electron chi connectivity index (χ1n) is 5.87. The van der Waals surface area contributed by atoms with Gasteiger partial charge in [0.2, 0.25) is 0 Å². The predicted octanol–water partition coefficient (Wildman–Crippen LogP) is 3.77. The van der Waals surface area contributed by atoms with Crippen LogP contribution in [0.4, 0.5) is 0 Å². The molecule has 0 atom stereocenters. The van der Waals surface area contributed by atoms with Gasteiger partial charge in [0.15, 0.2) is 0 Å². The predicted molar refractivity (Wildman–Crippen MR) is 72.0 cm³/mol. The molecule has 3 aromatic rings. The van der Waals surface area contributed by atoms with Crippen molar-refractivity contribution in [3.63, 3.8) is 0 Å². The van der Waals surface area contributed by atoms with Gasteiger partial charge in [-0.25, -0.2) is 0 Å². The van der Waals surface area contributed by atoms with Gasteiger partial charge in [-0.1, -0.05) is 30.4 Å². The number of rotatable bonds is 0. The van der Waals surface area contributed by atoms with Crippen LogP contribution in [0.25, 0.3) is 27.9 Å². The third kappa shape index (κ3) is 1.15. The van der Waals surface area contributed by atoms with E-state index in [0.717, 1.165) is 6.42 Å². The Morgan fingerprint density at radius 1 is 1.00 bits per heavy atom. The minimum absolute atomic E-state index is 0.995. The summed E-state index contributed by atoms with van der Waals surface area (Å²) in [6.07, 6.45) is 11.5. The number of aromatic amines is 2. The molecule has 0 saturated heterocycles. The first kappa shape index (κ1) is 8.88. The maximum absolute atomic E-state index is 3.53. The molecule has 1 aliphatic carbocycles. The molecule has 2 heterocycles. The summed E-state index contributed by atoms with van der Waals surface area (Å²) in [5, 5.41) is 2.58. The highest BCUT2D eigenvalue weighted by Crippen LogP contribution is 2.30. The number of allylic oxidation sites excluding steroid dienone is 3. The molecule has 2 nitrogen and oxygen atoms in total. The SMILES string of the molecule is C1=CCc2c([nH]c3c2ccc2cc[nH]c23)C=C1. The summed E-state index contributed by atoms with van der Waals surface area (Å²) in [6.45, 7) is 0. The highest BCUT2D eigenvalue weighted by atomic mass is 14.8. The zero-order valence-electron chi connectivity index (χ0n) is 9.33. The van der Waals surface area contributed by atoms with E-state index < -0.39 is 0 Å². The molecule has 1 aliphatic rings. The quantitative estimate of drug-likeness (QED) is 0.578. The summed E-state index contributed by atoms with van der Waals surface area (Å²) >= 11 is 0. The number of nitrogens with one attached hydrogen (secondary N) is 2. The lowest BCUT2D eigenvalue weighted by atomic mass is 10.1. The smallest absolute Gasteiger partial charge is 0.0706 e. The van der Waals surface area contributed by atoms with E-state index in [-0.39, 0.29) is 0 Å². The number of benzene rings is 1. The lowest BCUT2D eigenvalue weighted by Gasteiger charge is -1.96. The molecular formula is C15H12N2. The number of aromatic nitrogens is 2. The molecule has 17 heavy (non-hydrogen) atoms. The minimum Gasteiger partial charge on any atom is -0.359 e. The summed E-state index contributed by atoms with van der Waals surface area (Å²) in [5.74, 6) is 0. The van der Waals surface area contributed by atoms with E-state index in [9.17, 15) is 0 Å². The van der Waals surface area contributed by atoms with Gasteiger partial charge in [0.25, 0.3) is 0 Å². The Bertz CT molecular complexity index is 769. The summed E-state index contributed by atoms with van der Waals surface area (Å²) in [5.41, 5.74) is 5.04. The molecule has 2 heteroatoms. The first-order chi connectivity index (χ1) is 8.43. The molecule has 2 N–H and O–H groups in total. The second kappa shape index (κ2) is 3.14. The number of hydrogen-bond acceptors (Lipinski definition) is 0. The molecule has 0 spiro atoms. The van der Waals surface area contributed by atoms with E-state index in [0.29, 0.717) is 0 Å². The van der Waals surface area contributed by atoms with Gasteiger partial charge >= 0.3 is 0 Å². The van der Waals surface area contributed by atoms with E-state index in [1.54, 1.807) is 0 Å². The van der Waals surface area contributed by atoms with Gasteiger partial charge in [-0.05, 0) is 24.1 Å². The third-order valence-corrected chi connectivity index (χ3v) is 3.47. The fourth-order valence-electron chi connectivity index (χ4n) is 2.64. The Labute approximate surface area is 98.7 Å².